The summed E-state index contributed by atoms with van der Waals surface area (Å²) >= 11 is 0. The van der Waals surface area contributed by atoms with Crippen LogP contribution in [0.25, 0.3) is 0 Å². The molecular formula is C58H70N12O6. The zero-order chi connectivity index (χ0) is 51.9. The van der Waals surface area contributed by atoms with E-state index in [1.54, 1.807) is 0 Å². The van der Waals surface area contributed by atoms with Crippen LogP contribution in [0.2, 0.25) is 0 Å². The fourth-order valence-electron chi connectivity index (χ4n) is 12.7. The Labute approximate surface area is 443 Å². The number of nitrogens with zero attached hydrogens (tertiary/aromatic N) is 4. The molecule has 1 spiro atoms. The molecule has 76 heavy (non-hydrogen) atoms. The molecule has 6 aliphatic heterocycles. The highest BCUT2D eigenvalue weighted by Gasteiger charge is 2.47. The number of aromatic nitrogens is 4. The van der Waals surface area contributed by atoms with Gasteiger partial charge in [-0.25, -0.2) is 0 Å². The van der Waals surface area contributed by atoms with E-state index in [2.05, 4.69) is 56.4 Å². The second kappa shape index (κ2) is 20.6. The normalized spacial score (nSPS) is 25.4. The number of benzene rings is 4. The first-order chi connectivity index (χ1) is 36.9. The summed E-state index contributed by atoms with van der Waals surface area (Å²) in [6, 6.07) is 29.1. The van der Waals surface area contributed by atoms with Crippen molar-refractivity contribution in [3.8, 4) is 11.5 Å². The number of fused-ring (bicyclic) bond motifs is 2. The van der Waals surface area contributed by atoms with E-state index in [0.29, 0.717) is 54.1 Å². The van der Waals surface area contributed by atoms with Crippen molar-refractivity contribution in [2.24, 2.45) is 0 Å². The molecule has 398 valence electrons. The first-order valence-corrected chi connectivity index (χ1v) is 27.4. The highest BCUT2D eigenvalue weighted by Crippen LogP contribution is 2.44. The molecule has 0 aliphatic carbocycles. The average Bonchev–Trinajstić information content (AvgIpc) is 4.18. The van der Waals surface area contributed by atoms with Gasteiger partial charge in [0.1, 0.15) is 28.2 Å². The van der Waals surface area contributed by atoms with E-state index in [1.165, 1.54) is 0 Å². The number of nitrogens with one attached hydrogen (secondary N) is 8. The van der Waals surface area contributed by atoms with Crippen molar-refractivity contribution < 1.29 is 27.9 Å². The van der Waals surface area contributed by atoms with E-state index >= 15 is 0 Å². The summed E-state index contributed by atoms with van der Waals surface area (Å²) in [6.45, 7) is 11.3. The summed E-state index contributed by atoms with van der Waals surface area (Å²) < 4.78 is 25.8. The fourth-order valence-corrected chi connectivity index (χ4v) is 12.7. The number of amides is 2. The number of carbonyl (C=O) groups is 2. The number of ether oxygens (including phenoxy) is 2. The molecule has 4 aromatic carbocycles. The lowest BCUT2D eigenvalue weighted by Gasteiger charge is -2.46. The molecule has 4 fully saturated rings. The van der Waals surface area contributed by atoms with E-state index in [1.807, 2.05) is 97.9 Å². The zero-order valence-corrected chi connectivity index (χ0v) is 43.7. The molecule has 5 atom stereocenters. The highest BCUT2D eigenvalue weighted by molar-refractivity contribution is 5.96. The lowest BCUT2D eigenvalue weighted by Crippen LogP contribution is -2.63. The van der Waals surface area contributed by atoms with Gasteiger partial charge in [0.05, 0.1) is 24.4 Å². The number of piperidine rings is 4. The Morgan fingerprint density at radius 2 is 1.13 bits per heavy atom. The van der Waals surface area contributed by atoms with Crippen LogP contribution < -0.4 is 52.0 Å². The molecule has 2 aromatic heterocycles. The Bertz CT molecular complexity index is 3070. The van der Waals surface area contributed by atoms with Crippen molar-refractivity contribution in [2.75, 3.05) is 56.5 Å². The van der Waals surface area contributed by atoms with Gasteiger partial charge in [0, 0.05) is 58.3 Å². The summed E-state index contributed by atoms with van der Waals surface area (Å²) in [4.78, 5) is 27.7. The van der Waals surface area contributed by atoms with E-state index in [-0.39, 0.29) is 35.7 Å². The number of anilines is 2. The molecule has 8 heterocycles. The summed E-state index contributed by atoms with van der Waals surface area (Å²) in [5.41, 5.74) is 3.76. The van der Waals surface area contributed by atoms with Crippen LogP contribution in [0.3, 0.4) is 0 Å². The van der Waals surface area contributed by atoms with Gasteiger partial charge in [-0.15, -0.1) is 20.4 Å². The molecule has 18 heteroatoms. The summed E-state index contributed by atoms with van der Waals surface area (Å²) in [5, 5.41) is 47.9. The van der Waals surface area contributed by atoms with Gasteiger partial charge >= 0.3 is 0 Å². The fraction of sp³-hybridized carbons (Fsp3) is 0.483. The maximum absolute atomic E-state index is 13.9. The molecule has 6 aliphatic rings. The number of carbonyl (C=O) groups excluding carboxylic acids is 2. The third-order valence-electron chi connectivity index (χ3n) is 16.7. The van der Waals surface area contributed by atoms with Crippen LogP contribution in [0.5, 0.6) is 11.5 Å². The molecule has 12 rings (SSSR count). The van der Waals surface area contributed by atoms with Crippen LogP contribution in [0.4, 0.5) is 11.4 Å². The maximum Gasteiger partial charge on any atom is 0.251 e. The number of hydrogen-bond acceptors (Lipinski definition) is 16. The first-order valence-electron chi connectivity index (χ1n) is 27.4. The number of hydrogen-bond donors (Lipinski definition) is 8. The Morgan fingerprint density at radius 1 is 0.592 bits per heavy atom. The van der Waals surface area contributed by atoms with Crippen molar-refractivity contribution >= 4 is 23.2 Å². The van der Waals surface area contributed by atoms with Gasteiger partial charge in [0.15, 0.2) is 0 Å². The van der Waals surface area contributed by atoms with Gasteiger partial charge in [-0.05, 0) is 159 Å². The number of aryl methyl sites for hydroxylation is 1. The lowest BCUT2D eigenvalue weighted by atomic mass is 9.79. The van der Waals surface area contributed by atoms with E-state index in [0.717, 1.165) is 130 Å². The van der Waals surface area contributed by atoms with Crippen LogP contribution in [-0.4, -0.2) is 89.3 Å². The van der Waals surface area contributed by atoms with Crippen LogP contribution in [0.1, 0.15) is 163 Å². The number of rotatable bonds is 12. The largest absolute Gasteiger partial charge is 0.493 e. The van der Waals surface area contributed by atoms with E-state index in [4.69, 9.17) is 38.7 Å². The Balaban J connectivity index is 0.717. The third kappa shape index (κ3) is 10.1. The van der Waals surface area contributed by atoms with Gasteiger partial charge in [-0.1, -0.05) is 48.5 Å². The second-order valence-electron chi connectivity index (χ2n) is 22.6. The van der Waals surface area contributed by atoms with E-state index in [9.17, 15) is 9.59 Å². The monoisotopic (exact) mass is 1030 g/mol. The summed E-state index contributed by atoms with van der Waals surface area (Å²) in [6.07, 6.45) is 7.49. The van der Waals surface area contributed by atoms with Crippen molar-refractivity contribution in [2.45, 2.75) is 131 Å². The molecule has 2 amide bonds. The predicted molar refractivity (Wildman–Crippen MR) is 286 cm³/mol. The Morgan fingerprint density at radius 3 is 1.72 bits per heavy atom. The molecule has 3 unspecified atom stereocenters. The Hall–Kier alpha value is -6.86. The van der Waals surface area contributed by atoms with Crippen LogP contribution >= 0.6 is 0 Å². The van der Waals surface area contributed by atoms with Crippen molar-refractivity contribution in [1.82, 2.24) is 52.3 Å². The third-order valence-corrected chi connectivity index (χ3v) is 16.7. The zero-order valence-electron chi connectivity index (χ0n) is 43.7. The smallest absolute Gasteiger partial charge is 0.251 e. The average molecular weight is 1030 g/mol. The van der Waals surface area contributed by atoms with Crippen LogP contribution in [0, 0.1) is 6.92 Å². The molecule has 8 N–H and O–H groups in total. The van der Waals surface area contributed by atoms with E-state index < -0.39 is 22.3 Å². The molecule has 4 saturated heterocycles. The van der Waals surface area contributed by atoms with Crippen molar-refractivity contribution in [3.05, 3.63) is 142 Å². The maximum atomic E-state index is 13.9. The summed E-state index contributed by atoms with van der Waals surface area (Å²) in [5.74, 6) is 3.83. The molecule has 6 aromatic rings. The topological polar surface area (TPSA) is 227 Å². The first kappa shape index (κ1) is 50.0. The molecule has 0 saturated carbocycles. The van der Waals surface area contributed by atoms with Crippen molar-refractivity contribution in [1.29, 1.82) is 0 Å². The second-order valence-corrected chi connectivity index (χ2v) is 22.6. The Kier molecular flexibility index (Phi) is 13.5. The minimum atomic E-state index is -0.626. The molecule has 0 radical (unpaired) electrons. The van der Waals surface area contributed by atoms with Crippen molar-refractivity contribution in [3.63, 3.8) is 0 Å². The lowest BCUT2D eigenvalue weighted by molar-refractivity contribution is 0.0619. The predicted octanol–water partition coefficient (Wildman–Crippen LogP) is 7.76. The molecule has 0 bridgehead atoms. The van der Waals surface area contributed by atoms with Gasteiger partial charge in [0.2, 0.25) is 23.6 Å². The quantitative estimate of drug-likeness (QED) is 0.0586. The highest BCUT2D eigenvalue weighted by atomic mass is 16.5. The van der Waals surface area contributed by atoms with Gasteiger partial charge in [0.25, 0.3) is 11.8 Å². The van der Waals surface area contributed by atoms with Gasteiger partial charge in [-0.2, -0.15) is 0 Å². The standard InChI is InChI=1S/C58H70N12O6/c1-36-9-6-15-44-45(19-30-73-48(36)44)63-49(71)37-10-7-12-41(31-37)65-56(20-26-59-27-21-56)53-69-67-51(74-53)39-17-24-61-58(33-39)34-40(18-25-62-58)52-68-70-54(75-52)57(22-28-60-29-23-57)66-42-13-8-11-38(32-42)50(72)64-46-35-55(2,3)76-47-16-5-4-14-43(46)47/h4-16,31-32,39-40,45-46,59-62,65-66H,17-30,33-35H2,1-3H3,(H,63,71)(H,64,72)/t39?,40?,45-,46+,58?/m0/s1. The minimum absolute atomic E-state index is 0.0230. The molecular weight excluding hydrogens is 961 g/mol. The minimum Gasteiger partial charge on any atom is -0.493 e. The van der Waals surface area contributed by atoms with Gasteiger partial charge in [-0.3, -0.25) is 20.2 Å². The van der Waals surface area contributed by atoms with Crippen LogP contribution in [0.15, 0.2) is 99.8 Å². The summed E-state index contributed by atoms with van der Waals surface area (Å²) in [7, 11) is 0. The van der Waals surface area contributed by atoms with Gasteiger partial charge < -0.3 is 50.2 Å². The van der Waals surface area contributed by atoms with Crippen LogP contribution in [-0.2, 0) is 11.1 Å². The molecule has 18 nitrogen and oxygen atoms in total. The number of para-hydroxylation sites is 2. The SMILES string of the molecule is Cc1cccc2c1OCC[C@@H]2NC(=O)c1cccc(NC2(c3nnc(C4CCNC5(C4)CC(c4nnc(C6(Nc7cccc(C(=O)N[C@@H]8CC(C)(C)Oc9ccccc98)c7)CCNCC6)o4)CCN5)o3)CCNCC2)c1.